The molecule has 0 radical (unpaired) electrons. The summed E-state index contributed by atoms with van der Waals surface area (Å²) in [5.74, 6) is 0. The monoisotopic (exact) mass is 154 g/mol. The topological polar surface area (TPSA) is 72.3 Å². The molecular weight excluding hydrogens is 140 g/mol. The first kappa shape index (κ1) is 8.46. The molecule has 1 aliphatic carbocycles. The van der Waals surface area contributed by atoms with Gasteiger partial charge < -0.3 is 16.6 Å². The van der Waals surface area contributed by atoms with E-state index in [0.717, 1.165) is 5.57 Å². The molecule has 0 amide bonds. The second-order valence-electron chi connectivity index (χ2n) is 3.04. The first-order valence-corrected chi connectivity index (χ1v) is 3.66. The van der Waals surface area contributed by atoms with Crippen LogP contribution in [0.3, 0.4) is 0 Å². The average Bonchev–Trinajstić information content (AvgIpc) is 1.85. The minimum atomic E-state index is -0.777. The molecule has 0 aromatic heterocycles. The van der Waals surface area contributed by atoms with Crippen molar-refractivity contribution >= 4 is 0 Å². The van der Waals surface area contributed by atoms with E-state index in [2.05, 4.69) is 0 Å². The lowest BCUT2D eigenvalue weighted by atomic mass is 9.95. The van der Waals surface area contributed by atoms with Crippen molar-refractivity contribution in [3.05, 3.63) is 23.8 Å². The molecule has 1 aliphatic rings. The largest absolute Gasteiger partial charge is 0.389 e. The molecule has 0 saturated heterocycles. The van der Waals surface area contributed by atoms with Gasteiger partial charge in [-0.3, -0.25) is 0 Å². The maximum absolute atomic E-state index is 9.18. The molecule has 0 spiro atoms. The zero-order valence-electron chi connectivity index (χ0n) is 6.62. The third kappa shape index (κ3) is 2.15. The van der Waals surface area contributed by atoms with Gasteiger partial charge >= 0.3 is 0 Å². The van der Waals surface area contributed by atoms with Crippen LogP contribution in [0, 0.1) is 0 Å². The maximum atomic E-state index is 9.18. The number of aliphatic hydroxyl groups is 1. The highest BCUT2D eigenvalue weighted by Gasteiger charge is 2.19. The summed E-state index contributed by atoms with van der Waals surface area (Å²) < 4.78 is 0. The summed E-state index contributed by atoms with van der Waals surface area (Å²) in [6.07, 6.45) is 5.57. The fraction of sp³-hybridized carbons (Fsp3) is 0.500. The Labute approximate surface area is 66.4 Å². The van der Waals surface area contributed by atoms with Crippen molar-refractivity contribution in [2.45, 2.75) is 25.1 Å². The van der Waals surface area contributed by atoms with Gasteiger partial charge in [-0.2, -0.15) is 0 Å². The zero-order valence-corrected chi connectivity index (χ0v) is 6.62. The Balaban J connectivity index is 2.81. The quantitative estimate of drug-likeness (QED) is 0.460. The molecule has 3 nitrogen and oxygen atoms in total. The smallest absolute Gasteiger partial charge is 0.0870 e. The van der Waals surface area contributed by atoms with E-state index in [9.17, 15) is 5.11 Å². The highest BCUT2D eigenvalue weighted by Crippen LogP contribution is 2.16. The van der Waals surface area contributed by atoms with E-state index in [1.165, 1.54) is 0 Å². The summed E-state index contributed by atoms with van der Waals surface area (Å²) >= 11 is 0. The summed E-state index contributed by atoms with van der Waals surface area (Å²) in [6, 6.07) is 0. The molecule has 0 saturated carbocycles. The average molecular weight is 154 g/mol. The van der Waals surface area contributed by atoms with Gasteiger partial charge in [0.1, 0.15) is 0 Å². The van der Waals surface area contributed by atoms with Gasteiger partial charge in [-0.15, -0.1) is 0 Å². The van der Waals surface area contributed by atoms with Crippen LogP contribution in [0.4, 0.5) is 0 Å². The number of rotatable bonds is 1. The summed E-state index contributed by atoms with van der Waals surface area (Å²) in [4.78, 5) is 0. The van der Waals surface area contributed by atoms with E-state index < -0.39 is 11.8 Å². The predicted octanol–water partition coefficient (Wildman–Crippen LogP) is -0.133. The van der Waals surface area contributed by atoms with Crippen molar-refractivity contribution in [1.29, 1.82) is 0 Å². The van der Waals surface area contributed by atoms with E-state index in [1.807, 2.05) is 12.2 Å². The van der Waals surface area contributed by atoms with E-state index >= 15 is 0 Å². The number of hydrogen-bond acceptors (Lipinski definition) is 3. The van der Waals surface area contributed by atoms with E-state index in [-0.39, 0.29) is 0 Å². The van der Waals surface area contributed by atoms with Gasteiger partial charge in [-0.1, -0.05) is 12.2 Å². The molecule has 0 heterocycles. The van der Waals surface area contributed by atoms with Gasteiger partial charge in [-0.25, -0.2) is 0 Å². The molecule has 0 aromatic carbocycles. The molecule has 0 aromatic rings. The Hall–Kier alpha value is -0.640. The minimum absolute atomic E-state index is 0.488. The maximum Gasteiger partial charge on any atom is 0.0870 e. The third-order valence-electron chi connectivity index (χ3n) is 1.70. The van der Waals surface area contributed by atoms with Crippen LogP contribution in [0.2, 0.25) is 0 Å². The van der Waals surface area contributed by atoms with Crippen LogP contribution < -0.4 is 11.5 Å². The predicted molar refractivity (Wildman–Crippen MR) is 44.6 cm³/mol. The Morgan fingerprint density at radius 3 is 2.64 bits per heavy atom. The molecule has 1 rings (SSSR count). The molecule has 1 unspecified atom stereocenters. The van der Waals surface area contributed by atoms with Crippen LogP contribution in [0.1, 0.15) is 13.3 Å². The number of aliphatic hydroxyl groups excluding tert-OH is 1. The Morgan fingerprint density at radius 2 is 2.27 bits per heavy atom. The van der Waals surface area contributed by atoms with Crippen LogP contribution in [0.5, 0.6) is 0 Å². The fourth-order valence-electron chi connectivity index (χ4n) is 1.08. The Bertz CT molecular complexity index is 204. The number of nitrogens with two attached hydrogens (primary N) is 2. The second-order valence-corrected chi connectivity index (χ2v) is 3.04. The van der Waals surface area contributed by atoms with Gasteiger partial charge in [0, 0.05) is 6.42 Å². The van der Waals surface area contributed by atoms with E-state index in [0.29, 0.717) is 6.42 Å². The van der Waals surface area contributed by atoms with Gasteiger partial charge in [0.25, 0.3) is 0 Å². The first-order chi connectivity index (χ1) is 5.01. The normalized spacial score (nSPS) is 24.5. The van der Waals surface area contributed by atoms with Gasteiger partial charge in [-0.05, 0) is 18.6 Å². The van der Waals surface area contributed by atoms with Crippen molar-refractivity contribution in [2.24, 2.45) is 11.5 Å². The standard InChI is InChI=1S/C8H14N2O/c1-6(11)7-3-2-4-8(9,10)5-7/h2-3,5-6,11H,4,9-10H2,1H3. The fourth-order valence-corrected chi connectivity index (χ4v) is 1.08. The molecular formula is C8H14N2O. The first-order valence-electron chi connectivity index (χ1n) is 3.66. The summed E-state index contributed by atoms with van der Waals surface area (Å²) in [7, 11) is 0. The van der Waals surface area contributed by atoms with Crippen LogP contribution in [-0.4, -0.2) is 16.9 Å². The van der Waals surface area contributed by atoms with Crippen LogP contribution in [-0.2, 0) is 0 Å². The van der Waals surface area contributed by atoms with Crippen molar-refractivity contribution in [2.75, 3.05) is 0 Å². The summed E-state index contributed by atoms with van der Waals surface area (Å²) in [5, 5.41) is 9.18. The van der Waals surface area contributed by atoms with Crippen LogP contribution >= 0.6 is 0 Å². The molecule has 0 bridgehead atoms. The molecule has 5 N–H and O–H groups in total. The summed E-state index contributed by atoms with van der Waals surface area (Å²) in [5.41, 5.74) is 11.3. The minimum Gasteiger partial charge on any atom is -0.389 e. The van der Waals surface area contributed by atoms with Crippen molar-refractivity contribution < 1.29 is 5.11 Å². The van der Waals surface area contributed by atoms with Gasteiger partial charge in [0.05, 0.1) is 11.8 Å². The molecule has 11 heavy (non-hydrogen) atoms. The highest BCUT2D eigenvalue weighted by atomic mass is 16.3. The molecule has 62 valence electrons. The van der Waals surface area contributed by atoms with Crippen LogP contribution in [0.25, 0.3) is 0 Å². The molecule has 0 fully saturated rings. The zero-order chi connectivity index (χ0) is 8.48. The van der Waals surface area contributed by atoms with Gasteiger partial charge in [0.15, 0.2) is 0 Å². The molecule has 0 aliphatic heterocycles. The summed E-state index contributed by atoms with van der Waals surface area (Å²) in [6.45, 7) is 1.69. The van der Waals surface area contributed by atoms with E-state index in [1.54, 1.807) is 13.0 Å². The Morgan fingerprint density at radius 1 is 1.64 bits per heavy atom. The lowest BCUT2D eigenvalue weighted by molar-refractivity contribution is 0.233. The van der Waals surface area contributed by atoms with E-state index in [4.69, 9.17) is 11.5 Å². The molecule has 3 heteroatoms. The second kappa shape index (κ2) is 2.77. The highest BCUT2D eigenvalue weighted by molar-refractivity contribution is 5.30. The molecule has 1 atom stereocenters. The van der Waals surface area contributed by atoms with Gasteiger partial charge in [0.2, 0.25) is 0 Å². The lowest BCUT2D eigenvalue weighted by Gasteiger charge is -2.24. The van der Waals surface area contributed by atoms with Crippen molar-refractivity contribution in [3.63, 3.8) is 0 Å². The third-order valence-corrected chi connectivity index (χ3v) is 1.70. The number of hydrogen-bond donors (Lipinski definition) is 3. The SMILES string of the molecule is CC(O)C1=CC(N)(N)CC=C1. The Kier molecular flexibility index (Phi) is 2.13. The van der Waals surface area contributed by atoms with Crippen molar-refractivity contribution in [1.82, 2.24) is 0 Å². The van der Waals surface area contributed by atoms with Crippen LogP contribution in [0.15, 0.2) is 23.8 Å². The van der Waals surface area contributed by atoms with Crippen molar-refractivity contribution in [3.8, 4) is 0 Å². The lowest BCUT2D eigenvalue weighted by Crippen LogP contribution is -2.48.